The predicted molar refractivity (Wildman–Crippen MR) is 90.5 cm³/mol. The molecular weight excluding hydrogens is 276 g/mol. The molecule has 1 N–H and O–H groups in total. The van der Waals surface area contributed by atoms with Crippen molar-refractivity contribution in [3.8, 4) is 5.75 Å². The molecule has 0 fully saturated rings. The number of carboxylic acid groups (broad SMARTS) is 1. The second kappa shape index (κ2) is 11.1. The van der Waals surface area contributed by atoms with E-state index in [2.05, 4.69) is 6.92 Å². The van der Waals surface area contributed by atoms with Crippen LogP contribution in [0.1, 0.15) is 70.3 Å². The van der Waals surface area contributed by atoms with Crippen molar-refractivity contribution in [2.24, 2.45) is 0 Å². The fourth-order valence-corrected chi connectivity index (χ4v) is 2.48. The first kappa shape index (κ1) is 18.5. The third-order valence-electron chi connectivity index (χ3n) is 3.89. The van der Waals surface area contributed by atoms with E-state index in [0.717, 1.165) is 18.4 Å². The van der Waals surface area contributed by atoms with Gasteiger partial charge in [-0.15, -0.1) is 0 Å². The van der Waals surface area contributed by atoms with Gasteiger partial charge in [0.05, 0.1) is 0 Å². The minimum absolute atomic E-state index is 0.582. The van der Waals surface area contributed by atoms with Crippen molar-refractivity contribution in [2.75, 3.05) is 0 Å². The van der Waals surface area contributed by atoms with Gasteiger partial charge < -0.3 is 9.84 Å². The topological polar surface area (TPSA) is 46.5 Å². The third-order valence-corrected chi connectivity index (χ3v) is 3.89. The van der Waals surface area contributed by atoms with Gasteiger partial charge in [-0.1, -0.05) is 69.6 Å². The number of rotatable bonds is 12. The summed E-state index contributed by atoms with van der Waals surface area (Å²) in [6.07, 6.45) is 9.53. The van der Waals surface area contributed by atoms with Crippen LogP contribution in [-0.4, -0.2) is 17.2 Å². The van der Waals surface area contributed by atoms with E-state index < -0.39 is 12.1 Å². The Morgan fingerprint density at radius 2 is 1.55 bits per heavy atom. The number of aliphatic carboxylic acids is 1. The van der Waals surface area contributed by atoms with Gasteiger partial charge in [-0.05, 0) is 31.9 Å². The van der Waals surface area contributed by atoms with Gasteiger partial charge >= 0.3 is 5.97 Å². The average molecular weight is 306 g/mol. The highest BCUT2D eigenvalue weighted by Crippen LogP contribution is 2.17. The number of ether oxygens (including phenoxy) is 1. The van der Waals surface area contributed by atoms with E-state index in [1.54, 1.807) is 0 Å². The molecule has 3 heteroatoms. The highest BCUT2D eigenvalue weighted by Gasteiger charge is 2.18. The zero-order valence-corrected chi connectivity index (χ0v) is 14.0. The van der Waals surface area contributed by atoms with Crippen LogP contribution in [0.5, 0.6) is 5.75 Å². The molecule has 0 saturated heterocycles. The summed E-state index contributed by atoms with van der Waals surface area (Å²) < 4.78 is 5.59. The van der Waals surface area contributed by atoms with Crippen molar-refractivity contribution in [2.45, 2.75) is 77.7 Å². The molecule has 1 rings (SSSR count). The Balaban J connectivity index is 2.21. The molecule has 0 heterocycles. The van der Waals surface area contributed by atoms with Crippen LogP contribution in [0.25, 0.3) is 0 Å². The minimum Gasteiger partial charge on any atom is -0.479 e. The Hall–Kier alpha value is -1.51. The fraction of sp³-hybridized carbons (Fsp3) is 0.632. The molecule has 0 saturated carbocycles. The molecule has 0 bridgehead atoms. The lowest BCUT2D eigenvalue weighted by molar-refractivity contribution is -0.145. The smallest absolute Gasteiger partial charge is 0.344 e. The van der Waals surface area contributed by atoms with Crippen LogP contribution in [-0.2, 0) is 4.79 Å². The van der Waals surface area contributed by atoms with Crippen LogP contribution >= 0.6 is 0 Å². The summed E-state index contributed by atoms with van der Waals surface area (Å²) in [6.45, 7) is 4.22. The monoisotopic (exact) mass is 306 g/mol. The lowest BCUT2D eigenvalue weighted by Gasteiger charge is -2.15. The zero-order valence-electron chi connectivity index (χ0n) is 14.0. The van der Waals surface area contributed by atoms with Gasteiger partial charge in [0.15, 0.2) is 6.10 Å². The van der Waals surface area contributed by atoms with Crippen LogP contribution in [0.4, 0.5) is 0 Å². The largest absolute Gasteiger partial charge is 0.479 e. The van der Waals surface area contributed by atoms with E-state index in [0.29, 0.717) is 12.2 Å². The molecular formula is C19H30O3. The van der Waals surface area contributed by atoms with E-state index in [-0.39, 0.29) is 0 Å². The standard InChI is InChI=1S/C19H30O3/c1-3-4-5-6-7-8-9-10-11-18(19(20)21)22-17-14-12-16(2)13-15-17/h12-15,18H,3-11H2,1-2H3,(H,20,21). The van der Waals surface area contributed by atoms with Crippen LogP contribution in [0.15, 0.2) is 24.3 Å². The first-order valence-corrected chi connectivity index (χ1v) is 8.59. The van der Waals surface area contributed by atoms with Gasteiger partial charge in [0, 0.05) is 0 Å². The quantitative estimate of drug-likeness (QED) is 0.529. The summed E-state index contributed by atoms with van der Waals surface area (Å²) in [7, 11) is 0. The number of unbranched alkanes of at least 4 members (excludes halogenated alkanes) is 7. The maximum Gasteiger partial charge on any atom is 0.344 e. The molecule has 0 aromatic heterocycles. The van der Waals surface area contributed by atoms with E-state index >= 15 is 0 Å². The number of carbonyl (C=O) groups is 1. The van der Waals surface area contributed by atoms with Gasteiger partial charge in [-0.3, -0.25) is 0 Å². The maximum atomic E-state index is 11.3. The molecule has 22 heavy (non-hydrogen) atoms. The summed E-state index contributed by atoms with van der Waals surface area (Å²) >= 11 is 0. The minimum atomic E-state index is -0.872. The molecule has 1 aromatic carbocycles. The highest BCUT2D eigenvalue weighted by atomic mass is 16.5. The molecule has 0 aliphatic heterocycles. The number of benzene rings is 1. The van der Waals surface area contributed by atoms with Crippen molar-refractivity contribution in [1.29, 1.82) is 0 Å². The number of aryl methyl sites for hydroxylation is 1. The normalized spacial score (nSPS) is 12.1. The van der Waals surface area contributed by atoms with Gasteiger partial charge in [0.25, 0.3) is 0 Å². The molecule has 0 aliphatic rings. The highest BCUT2D eigenvalue weighted by molar-refractivity contribution is 5.72. The van der Waals surface area contributed by atoms with Gasteiger partial charge in [0.2, 0.25) is 0 Å². The lowest BCUT2D eigenvalue weighted by Crippen LogP contribution is -2.26. The molecule has 1 unspecified atom stereocenters. The zero-order chi connectivity index (χ0) is 16.2. The van der Waals surface area contributed by atoms with Crippen molar-refractivity contribution >= 4 is 5.97 Å². The first-order chi connectivity index (χ1) is 10.6. The molecule has 124 valence electrons. The van der Waals surface area contributed by atoms with Crippen molar-refractivity contribution in [1.82, 2.24) is 0 Å². The van der Waals surface area contributed by atoms with Crippen LogP contribution in [0.3, 0.4) is 0 Å². The molecule has 0 amide bonds. The average Bonchev–Trinajstić information content (AvgIpc) is 2.50. The van der Waals surface area contributed by atoms with Crippen molar-refractivity contribution in [3.63, 3.8) is 0 Å². The molecule has 0 aliphatic carbocycles. The summed E-state index contributed by atoms with van der Waals surface area (Å²) in [5, 5.41) is 9.26. The SMILES string of the molecule is CCCCCCCCCCC(Oc1ccc(C)cc1)C(=O)O. The summed E-state index contributed by atoms with van der Waals surface area (Å²) in [5.41, 5.74) is 1.14. The van der Waals surface area contributed by atoms with E-state index in [9.17, 15) is 9.90 Å². The van der Waals surface area contributed by atoms with Crippen LogP contribution < -0.4 is 4.74 Å². The summed E-state index contributed by atoms with van der Waals surface area (Å²) in [4.78, 5) is 11.3. The van der Waals surface area contributed by atoms with E-state index in [1.807, 2.05) is 31.2 Å². The van der Waals surface area contributed by atoms with E-state index in [1.165, 1.54) is 38.5 Å². The number of hydrogen-bond acceptors (Lipinski definition) is 2. The second-order valence-corrected chi connectivity index (χ2v) is 6.02. The maximum absolute atomic E-state index is 11.3. The lowest BCUT2D eigenvalue weighted by atomic mass is 10.1. The fourth-order valence-electron chi connectivity index (χ4n) is 2.48. The predicted octanol–water partition coefficient (Wildman–Crippen LogP) is 5.36. The van der Waals surface area contributed by atoms with Crippen LogP contribution in [0, 0.1) is 6.92 Å². The molecule has 0 spiro atoms. The summed E-state index contributed by atoms with van der Waals surface area (Å²) in [5.74, 6) is -0.235. The Bertz CT molecular complexity index is 411. The molecule has 1 atom stereocenters. The summed E-state index contributed by atoms with van der Waals surface area (Å²) in [6, 6.07) is 7.53. The Morgan fingerprint density at radius 3 is 2.09 bits per heavy atom. The third kappa shape index (κ3) is 8.06. The Labute approximate surface area is 134 Å². The molecule has 3 nitrogen and oxygen atoms in total. The van der Waals surface area contributed by atoms with Gasteiger partial charge in [0.1, 0.15) is 5.75 Å². The number of carboxylic acids is 1. The number of hydrogen-bond donors (Lipinski definition) is 1. The molecule has 0 radical (unpaired) electrons. The van der Waals surface area contributed by atoms with Gasteiger partial charge in [-0.25, -0.2) is 4.79 Å². The Morgan fingerprint density at radius 1 is 1.00 bits per heavy atom. The van der Waals surface area contributed by atoms with Crippen LogP contribution in [0.2, 0.25) is 0 Å². The Kier molecular flexibility index (Phi) is 9.36. The second-order valence-electron chi connectivity index (χ2n) is 6.02. The van der Waals surface area contributed by atoms with Crippen molar-refractivity contribution < 1.29 is 14.6 Å². The van der Waals surface area contributed by atoms with Crippen molar-refractivity contribution in [3.05, 3.63) is 29.8 Å². The molecule has 1 aromatic rings. The van der Waals surface area contributed by atoms with E-state index in [4.69, 9.17) is 4.74 Å². The first-order valence-electron chi connectivity index (χ1n) is 8.59. The van der Waals surface area contributed by atoms with Gasteiger partial charge in [-0.2, -0.15) is 0 Å².